The van der Waals surface area contributed by atoms with Gasteiger partial charge in [-0.3, -0.25) is 24.4 Å². The number of aromatic nitrogens is 4. The van der Waals surface area contributed by atoms with Crippen molar-refractivity contribution in [3.05, 3.63) is 86.9 Å². The van der Waals surface area contributed by atoms with Crippen LogP contribution in [0.3, 0.4) is 0 Å². The van der Waals surface area contributed by atoms with Gasteiger partial charge in [0, 0.05) is 37.0 Å². The van der Waals surface area contributed by atoms with Crippen molar-refractivity contribution in [3.63, 3.8) is 0 Å². The highest BCUT2D eigenvalue weighted by Gasteiger charge is 2.44. The maximum atomic E-state index is 11.5. The number of ether oxygens (including phenoxy) is 2. The minimum absolute atomic E-state index is 0.326. The van der Waals surface area contributed by atoms with Crippen molar-refractivity contribution in [2.24, 2.45) is 5.41 Å². The lowest BCUT2D eigenvalue weighted by atomic mass is 9.88. The van der Waals surface area contributed by atoms with E-state index >= 15 is 0 Å². The highest BCUT2D eigenvalue weighted by atomic mass is 35.5. The Balaban J connectivity index is 1.06. The molecule has 0 radical (unpaired) electrons. The van der Waals surface area contributed by atoms with Gasteiger partial charge in [0.2, 0.25) is 0 Å². The first-order valence-corrected chi connectivity index (χ1v) is 14.5. The molecule has 3 aliphatic rings. The van der Waals surface area contributed by atoms with Crippen LogP contribution in [-0.4, -0.2) is 38.1 Å². The molecule has 214 valence electrons. The van der Waals surface area contributed by atoms with Crippen LogP contribution in [0.5, 0.6) is 11.5 Å². The van der Waals surface area contributed by atoms with Crippen LogP contribution in [0.25, 0.3) is 11.4 Å². The van der Waals surface area contributed by atoms with E-state index in [4.69, 9.17) is 26.1 Å². The molecule has 1 atom stereocenters. The van der Waals surface area contributed by atoms with Crippen LogP contribution in [0.15, 0.2) is 58.1 Å². The summed E-state index contributed by atoms with van der Waals surface area (Å²) in [6, 6.07) is 14.2. The second kappa shape index (κ2) is 10.3. The molecule has 7 rings (SSSR count). The van der Waals surface area contributed by atoms with Crippen molar-refractivity contribution in [3.8, 4) is 29.0 Å². The second-order valence-electron chi connectivity index (χ2n) is 11.6. The van der Waals surface area contributed by atoms with Crippen LogP contribution in [0.1, 0.15) is 61.0 Å². The fraction of sp³-hybridized carbons (Fsp3) is 0.387. The number of para-hydroxylation sites is 1. The summed E-state index contributed by atoms with van der Waals surface area (Å²) in [6.45, 7) is 4.36. The Morgan fingerprint density at radius 2 is 1.98 bits per heavy atom. The third kappa shape index (κ3) is 5.03. The summed E-state index contributed by atoms with van der Waals surface area (Å²) in [7, 11) is 0. The molecule has 11 heteroatoms. The summed E-state index contributed by atoms with van der Waals surface area (Å²) in [4.78, 5) is 25.7. The molecule has 1 saturated carbocycles. The van der Waals surface area contributed by atoms with Crippen LogP contribution in [0, 0.1) is 16.7 Å². The van der Waals surface area contributed by atoms with Gasteiger partial charge in [-0.05, 0) is 80.9 Å². The average Bonchev–Trinajstić information content (AvgIpc) is 3.48. The predicted octanol–water partition coefficient (Wildman–Crippen LogP) is 5.34. The van der Waals surface area contributed by atoms with Crippen molar-refractivity contribution in [1.29, 1.82) is 5.26 Å². The van der Waals surface area contributed by atoms with Gasteiger partial charge >= 0.3 is 5.76 Å². The number of nitrogens with one attached hydrogen (secondary N) is 1. The van der Waals surface area contributed by atoms with Crippen LogP contribution in [0.2, 0.25) is 5.02 Å². The van der Waals surface area contributed by atoms with Gasteiger partial charge in [0.15, 0.2) is 17.3 Å². The Morgan fingerprint density at radius 1 is 1.14 bits per heavy atom. The Kier molecular flexibility index (Phi) is 6.52. The van der Waals surface area contributed by atoms with Crippen molar-refractivity contribution in [2.45, 2.75) is 57.3 Å². The van der Waals surface area contributed by atoms with Crippen LogP contribution in [0.4, 0.5) is 0 Å². The number of rotatable bonds is 7. The lowest BCUT2D eigenvalue weighted by Crippen LogP contribution is -2.34. The van der Waals surface area contributed by atoms with Gasteiger partial charge in [-0.15, -0.1) is 0 Å². The molecule has 2 fully saturated rings. The van der Waals surface area contributed by atoms with Gasteiger partial charge in [0.1, 0.15) is 5.69 Å². The number of fused-ring (bicyclic) bond motifs is 1. The number of aromatic amines is 1. The Bertz CT molecular complexity index is 1730. The molecule has 1 N–H and O–H groups in total. The van der Waals surface area contributed by atoms with E-state index < -0.39 is 11.5 Å². The van der Waals surface area contributed by atoms with Gasteiger partial charge in [-0.2, -0.15) is 5.26 Å². The number of nitrogens with zero attached hydrogens (tertiary/aromatic N) is 5. The molecule has 0 spiro atoms. The highest BCUT2D eigenvalue weighted by Crippen LogP contribution is 2.50. The summed E-state index contributed by atoms with van der Waals surface area (Å²) < 4.78 is 17.4. The number of likely N-dealkylation sites (tertiary alicyclic amines) is 1. The largest absolute Gasteiger partial charge is 0.443 e. The Labute approximate surface area is 247 Å². The number of hydrogen-bond acceptors (Lipinski definition) is 9. The van der Waals surface area contributed by atoms with Crippen LogP contribution < -0.4 is 15.2 Å². The molecule has 1 aliphatic carbocycles. The van der Waals surface area contributed by atoms with Crippen molar-refractivity contribution in [2.75, 3.05) is 13.1 Å². The Hall–Kier alpha value is -4.20. The maximum Gasteiger partial charge on any atom is 0.439 e. The lowest BCUT2D eigenvalue weighted by Gasteiger charge is -2.33. The first kappa shape index (κ1) is 26.7. The maximum absolute atomic E-state index is 11.5. The molecule has 42 heavy (non-hydrogen) atoms. The smallest absolute Gasteiger partial charge is 0.439 e. The number of halogens is 1. The number of pyridine rings is 2. The number of nitriles is 1. The molecule has 1 aromatic carbocycles. The minimum atomic E-state index is -1.01. The molecule has 2 aliphatic heterocycles. The first-order chi connectivity index (χ1) is 20.3. The highest BCUT2D eigenvalue weighted by molar-refractivity contribution is 6.30. The standard InChI is InChI=1S/C31H29ClN6O4/c1-30(26-6-5-22(32)16-35-26)40-25-4-2-3-23(27(25)41-30)19-7-11-38(12-8-19)17-24-20(14-31(18-33)9-10-31)13-21(15-34-24)28-36-29(39)42-37-28/h2-6,13,15-16,19H,7-12,14,17H2,1H3,(H,36,37,39)/t30-/m0/s1. The molecule has 0 amide bonds. The van der Waals surface area contributed by atoms with Crippen LogP contribution >= 0.6 is 11.6 Å². The predicted molar refractivity (Wildman–Crippen MR) is 153 cm³/mol. The van der Waals surface area contributed by atoms with E-state index in [1.54, 1.807) is 18.5 Å². The van der Waals surface area contributed by atoms with Crippen molar-refractivity contribution >= 4 is 11.6 Å². The summed E-state index contributed by atoms with van der Waals surface area (Å²) in [5, 5.41) is 14.1. The number of benzene rings is 1. The van der Waals surface area contributed by atoms with E-state index in [-0.39, 0.29) is 5.41 Å². The van der Waals surface area contributed by atoms with E-state index in [1.165, 1.54) is 0 Å². The molecular weight excluding hydrogens is 556 g/mol. The summed E-state index contributed by atoms with van der Waals surface area (Å²) >= 11 is 6.04. The molecule has 4 aromatic rings. The molecule has 10 nitrogen and oxygen atoms in total. The molecule has 1 saturated heterocycles. The summed E-state index contributed by atoms with van der Waals surface area (Å²) in [6.07, 6.45) is 7.65. The third-order valence-corrected chi connectivity index (χ3v) is 8.82. The van der Waals surface area contributed by atoms with E-state index in [0.717, 1.165) is 67.1 Å². The molecular formula is C31H29ClN6O4. The SMILES string of the molecule is C[C@]1(c2ccc(Cl)cn2)Oc2cccc(C3CCN(Cc4ncc(-c5noc(=O)[nH]5)cc4CC4(C#N)CC4)CC3)c2O1. The van der Waals surface area contributed by atoms with Gasteiger partial charge in [0.05, 0.1) is 22.2 Å². The average molecular weight is 585 g/mol. The van der Waals surface area contributed by atoms with E-state index in [0.29, 0.717) is 41.0 Å². The summed E-state index contributed by atoms with van der Waals surface area (Å²) in [5.41, 5.74) is 4.13. The normalized spacial score (nSPS) is 21.3. The summed E-state index contributed by atoms with van der Waals surface area (Å²) in [5.74, 6) is 0.551. The quantitative estimate of drug-likeness (QED) is 0.306. The first-order valence-electron chi connectivity index (χ1n) is 14.1. The zero-order valence-corrected chi connectivity index (χ0v) is 23.9. The fourth-order valence-electron chi connectivity index (χ4n) is 5.99. The van der Waals surface area contributed by atoms with Gasteiger partial charge < -0.3 is 9.47 Å². The zero-order chi connectivity index (χ0) is 28.9. The van der Waals surface area contributed by atoms with Crippen molar-refractivity contribution < 1.29 is 14.0 Å². The molecule has 0 unspecified atom stereocenters. The Morgan fingerprint density at radius 3 is 2.67 bits per heavy atom. The van der Waals surface area contributed by atoms with Gasteiger partial charge in [0.25, 0.3) is 5.79 Å². The zero-order valence-electron chi connectivity index (χ0n) is 23.1. The second-order valence-corrected chi connectivity index (χ2v) is 12.0. The van der Waals surface area contributed by atoms with Crippen LogP contribution in [-0.2, 0) is 18.8 Å². The lowest BCUT2D eigenvalue weighted by molar-refractivity contribution is -0.0722. The molecule has 5 heterocycles. The molecule has 3 aromatic heterocycles. The van der Waals surface area contributed by atoms with Gasteiger partial charge in [-0.25, -0.2) is 4.79 Å². The van der Waals surface area contributed by atoms with Crippen molar-refractivity contribution in [1.82, 2.24) is 25.0 Å². The van der Waals surface area contributed by atoms with E-state index in [1.807, 2.05) is 31.2 Å². The minimum Gasteiger partial charge on any atom is -0.443 e. The number of H-pyrrole nitrogens is 1. The van der Waals surface area contributed by atoms with Gasteiger partial charge in [-0.1, -0.05) is 28.9 Å². The molecule has 0 bridgehead atoms. The number of hydrogen-bond donors (Lipinski definition) is 1. The monoisotopic (exact) mass is 584 g/mol. The fourth-order valence-corrected chi connectivity index (χ4v) is 6.11. The van der Waals surface area contributed by atoms with E-state index in [2.05, 4.69) is 36.7 Å². The number of piperidine rings is 1. The topological polar surface area (TPSA) is 130 Å². The van der Waals surface area contributed by atoms with E-state index in [9.17, 15) is 10.1 Å². The third-order valence-electron chi connectivity index (χ3n) is 8.60.